The molecule has 3 fully saturated rings. The van der Waals surface area contributed by atoms with Crippen molar-refractivity contribution in [3.8, 4) is 5.75 Å². The summed E-state index contributed by atoms with van der Waals surface area (Å²) in [5.74, 6) is -3.01. The molecule has 1 spiro atoms. The number of carboxylic acid groups (broad SMARTS) is 1. The molecule has 2 heterocycles. The number of rotatable bonds is 6. The van der Waals surface area contributed by atoms with Gasteiger partial charge < -0.3 is 14.9 Å². The van der Waals surface area contributed by atoms with E-state index < -0.39 is 23.4 Å². The fourth-order valence-corrected chi connectivity index (χ4v) is 4.74. The average Bonchev–Trinajstić information content (AvgIpc) is 3.03. The number of aliphatic hydroxyl groups is 1. The number of hydrogen-bond donors (Lipinski definition) is 2. The van der Waals surface area contributed by atoms with E-state index in [1.165, 1.54) is 12.1 Å². The van der Waals surface area contributed by atoms with Gasteiger partial charge in [0.05, 0.1) is 5.56 Å². The molecule has 1 aromatic rings. The van der Waals surface area contributed by atoms with Crippen LogP contribution in [-0.4, -0.2) is 58.3 Å². The van der Waals surface area contributed by atoms with Crippen molar-refractivity contribution in [1.82, 2.24) is 4.90 Å². The van der Waals surface area contributed by atoms with Gasteiger partial charge in [0.25, 0.3) is 5.92 Å². The van der Waals surface area contributed by atoms with E-state index in [1.54, 1.807) is 12.1 Å². The molecule has 0 amide bonds. The Morgan fingerprint density at radius 1 is 1.23 bits per heavy atom. The van der Waals surface area contributed by atoms with Crippen LogP contribution >= 0.6 is 0 Å². The summed E-state index contributed by atoms with van der Waals surface area (Å²) < 4.78 is 32.9. The van der Waals surface area contributed by atoms with Gasteiger partial charge in [-0.2, -0.15) is 0 Å². The van der Waals surface area contributed by atoms with Crippen LogP contribution in [0.5, 0.6) is 5.75 Å². The summed E-state index contributed by atoms with van der Waals surface area (Å²) in [6.07, 6.45) is 2.21. The minimum absolute atomic E-state index is 0.0266. The van der Waals surface area contributed by atoms with E-state index in [0.717, 1.165) is 12.8 Å². The van der Waals surface area contributed by atoms with Crippen molar-refractivity contribution >= 4 is 5.97 Å². The third kappa shape index (κ3) is 3.07. The molecule has 142 valence electrons. The number of halogens is 2. The van der Waals surface area contributed by atoms with E-state index in [9.17, 15) is 18.7 Å². The van der Waals surface area contributed by atoms with Gasteiger partial charge in [0, 0.05) is 30.5 Å². The van der Waals surface area contributed by atoms with Gasteiger partial charge in [-0.25, -0.2) is 13.6 Å². The molecule has 4 rings (SSSR count). The van der Waals surface area contributed by atoms with E-state index in [1.807, 2.05) is 0 Å². The standard InChI is InChI=1S/C19H23F2NO4/c20-19(21)11-18(19)7-13-3-4-14(8-18)22(13)9-15(23)10-26-16-5-1-12(2-6-16)17(24)25/h1-2,5-6,13-15,23H,3-4,7-11H2,(H,24,25). The molecular formula is C19H23F2NO4. The molecule has 0 radical (unpaired) electrons. The molecule has 2 aliphatic heterocycles. The highest BCUT2D eigenvalue weighted by atomic mass is 19.3. The molecule has 26 heavy (non-hydrogen) atoms. The molecule has 3 unspecified atom stereocenters. The van der Waals surface area contributed by atoms with Crippen molar-refractivity contribution < 1.29 is 28.5 Å². The van der Waals surface area contributed by atoms with E-state index >= 15 is 0 Å². The number of fused-ring (bicyclic) bond motifs is 2. The Labute approximate surface area is 150 Å². The molecule has 5 nitrogen and oxygen atoms in total. The normalized spacial score (nSPS) is 33.2. The van der Waals surface area contributed by atoms with Crippen molar-refractivity contribution in [2.24, 2.45) is 5.41 Å². The maximum absolute atomic E-state index is 13.7. The molecule has 3 atom stereocenters. The van der Waals surface area contributed by atoms with E-state index in [4.69, 9.17) is 9.84 Å². The summed E-state index contributed by atoms with van der Waals surface area (Å²) in [6, 6.07) is 6.27. The summed E-state index contributed by atoms with van der Waals surface area (Å²) in [5.41, 5.74) is -0.600. The molecule has 2 bridgehead atoms. The first-order valence-corrected chi connectivity index (χ1v) is 9.07. The van der Waals surface area contributed by atoms with Gasteiger partial charge in [-0.1, -0.05) is 0 Å². The summed E-state index contributed by atoms with van der Waals surface area (Å²) in [4.78, 5) is 13.0. The molecule has 3 aliphatic rings. The van der Waals surface area contributed by atoms with Crippen LogP contribution in [0.1, 0.15) is 42.5 Å². The van der Waals surface area contributed by atoms with E-state index in [2.05, 4.69) is 4.90 Å². The molecule has 1 aliphatic carbocycles. The smallest absolute Gasteiger partial charge is 0.335 e. The number of aromatic carboxylic acids is 1. The second kappa shape index (κ2) is 6.16. The Balaban J connectivity index is 1.29. The highest BCUT2D eigenvalue weighted by Crippen LogP contribution is 2.69. The van der Waals surface area contributed by atoms with Crippen LogP contribution in [0.3, 0.4) is 0 Å². The predicted octanol–water partition coefficient (Wildman–Crippen LogP) is 2.78. The lowest BCUT2D eigenvalue weighted by Crippen LogP contribution is -2.48. The first-order valence-electron chi connectivity index (χ1n) is 9.07. The quantitative estimate of drug-likeness (QED) is 0.809. The van der Waals surface area contributed by atoms with Crippen LogP contribution < -0.4 is 4.74 Å². The molecule has 1 saturated carbocycles. The number of hydrogen-bond acceptors (Lipinski definition) is 4. The van der Waals surface area contributed by atoms with Crippen molar-refractivity contribution in [3.05, 3.63) is 29.8 Å². The maximum atomic E-state index is 13.7. The van der Waals surface area contributed by atoms with Gasteiger partial charge in [-0.3, -0.25) is 4.90 Å². The van der Waals surface area contributed by atoms with Gasteiger partial charge in [0.1, 0.15) is 18.5 Å². The molecule has 2 saturated heterocycles. The minimum atomic E-state index is -2.50. The number of carbonyl (C=O) groups is 1. The monoisotopic (exact) mass is 367 g/mol. The lowest BCUT2D eigenvalue weighted by atomic mass is 9.87. The van der Waals surface area contributed by atoms with Gasteiger partial charge in [-0.05, 0) is 49.9 Å². The van der Waals surface area contributed by atoms with E-state index in [-0.39, 0.29) is 30.7 Å². The molecule has 1 aromatic carbocycles. The van der Waals surface area contributed by atoms with Crippen molar-refractivity contribution in [1.29, 1.82) is 0 Å². The number of piperidine rings is 1. The zero-order valence-corrected chi connectivity index (χ0v) is 14.4. The third-order valence-corrected chi connectivity index (χ3v) is 6.20. The predicted molar refractivity (Wildman–Crippen MR) is 89.7 cm³/mol. The van der Waals surface area contributed by atoms with Gasteiger partial charge >= 0.3 is 5.97 Å². The minimum Gasteiger partial charge on any atom is -0.491 e. The number of benzene rings is 1. The largest absolute Gasteiger partial charge is 0.491 e. The van der Waals surface area contributed by atoms with Gasteiger partial charge in [-0.15, -0.1) is 0 Å². The van der Waals surface area contributed by atoms with Crippen LogP contribution in [0.25, 0.3) is 0 Å². The van der Waals surface area contributed by atoms with Crippen molar-refractivity contribution in [3.63, 3.8) is 0 Å². The van der Waals surface area contributed by atoms with Crippen LogP contribution in [-0.2, 0) is 0 Å². The SMILES string of the molecule is O=C(O)c1ccc(OCC(O)CN2C3CCC2CC2(C3)CC2(F)F)cc1. The van der Waals surface area contributed by atoms with Crippen LogP contribution in [0.2, 0.25) is 0 Å². The Morgan fingerprint density at radius 2 is 1.81 bits per heavy atom. The molecule has 2 N–H and O–H groups in total. The molecule has 0 aromatic heterocycles. The lowest BCUT2D eigenvalue weighted by Gasteiger charge is -2.40. The highest BCUT2D eigenvalue weighted by Gasteiger charge is 2.73. The summed E-state index contributed by atoms with van der Waals surface area (Å²) in [7, 11) is 0. The first kappa shape index (κ1) is 17.7. The molecular weight excluding hydrogens is 344 g/mol. The Morgan fingerprint density at radius 3 is 2.31 bits per heavy atom. The number of carboxylic acids is 1. The third-order valence-electron chi connectivity index (χ3n) is 6.20. The number of aliphatic hydroxyl groups excluding tert-OH is 1. The summed E-state index contributed by atoms with van der Waals surface area (Å²) in [6.45, 7) is 0.508. The van der Waals surface area contributed by atoms with Crippen LogP contribution in [0.4, 0.5) is 8.78 Å². The van der Waals surface area contributed by atoms with Gasteiger partial charge in [0.2, 0.25) is 0 Å². The van der Waals surface area contributed by atoms with Crippen molar-refractivity contribution in [2.75, 3.05) is 13.2 Å². The zero-order valence-electron chi connectivity index (χ0n) is 14.4. The number of ether oxygens (including phenoxy) is 1. The van der Waals surface area contributed by atoms with Crippen LogP contribution in [0, 0.1) is 5.41 Å². The number of alkyl halides is 2. The molecule has 7 heteroatoms. The summed E-state index contributed by atoms with van der Waals surface area (Å²) >= 11 is 0. The van der Waals surface area contributed by atoms with Gasteiger partial charge in [0.15, 0.2) is 0 Å². The Kier molecular flexibility index (Phi) is 4.19. The number of nitrogens with zero attached hydrogens (tertiary/aromatic N) is 1. The zero-order chi connectivity index (χ0) is 18.5. The van der Waals surface area contributed by atoms with Crippen molar-refractivity contribution in [2.45, 2.75) is 56.2 Å². The second-order valence-electron chi connectivity index (χ2n) is 7.95. The summed E-state index contributed by atoms with van der Waals surface area (Å²) in [5, 5.41) is 19.2. The Bertz CT molecular complexity index is 679. The fourth-order valence-electron chi connectivity index (χ4n) is 4.74. The topological polar surface area (TPSA) is 70.0 Å². The van der Waals surface area contributed by atoms with Crippen LogP contribution in [0.15, 0.2) is 24.3 Å². The maximum Gasteiger partial charge on any atom is 0.335 e. The highest BCUT2D eigenvalue weighted by molar-refractivity contribution is 5.87. The second-order valence-corrected chi connectivity index (χ2v) is 7.95. The fraction of sp³-hybridized carbons (Fsp3) is 0.632. The average molecular weight is 367 g/mol. The first-order chi connectivity index (χ1) is 12.3. The Hall–Kier alpha value is -1.73. The lowest BCUT2D eigenvalue weighted by molar-refractivity contribution is -0.0161. The van der Waals surface area contributed by atoms with E-state index in [0.29, 0.717) is 25.1 Å².